The lowest BCUT2D eigenvalue weighted by molar-refractivity contribution is 0.341. The maximum Gasteiger partial charge on any atom is 0.132 e. The molecule has 1 aliphatic heterocycles. The van der Waals surface area contributed by atoms with Crippen molar-refractivity contribution >= 4 is 16.7 Å². The van der Waals surface area contributed by atoms with Gasteiger partial charge in [-0.3, -0.25) is 5.10 Å². The van der Waals surface area contributed by atoms with Gasteiger partial charge in [0, 0.05) is 24.5 Å². The zero-order chi connectivity index (χ0) is 16.4. The number of nitrogens with zero attached hydrogens (tertiary/aromatic N) is 4. The van der Waals surface area contributed by atoms with Gasteiger partial charge in [-0.05, 0) is 44.4 Å². The second-order valence-electron chi connectivity index (χ2n) is 6.02. The Kier molecular flexibility index (Phi) is 4.02. The second-order valence-corrected chi connectivity index (χ2v) is 6.02. The van der Waals surface area contributed by atoms with Crippen molar-refractivity contribution in [3.8, 4) is 17.1 Å². The summed E-state index contributed by atoms with van der Waals surface area (Å²) in [6.07, 6.45) is 5.38. The van der Waals surface area contributed by atoms with Crippen LogP contribution in [-0.2, 0) is 0 Å². The highest BCUT2D eigenvalue weighted by Crippen LogP contribution is 2.29. The third-order valence-corrected chi connectivity index (χ3v) is 4.42. The van der Waals surface area contributed by atoms with Gasteiger partial charge in [0.1, 0.15) is 23.6 Å². The first kappa shape index (κ1) is 14.9. The molecule has 1 fully saturated rings. The summed E-state index contributed by atoms with van der Waals surface area (Å²) in [5, 5.41) is 8.56. The minimum Gasteiger partial charge on any atom is -0.494 e. The van der Waals surface area contributed by atoms with Crippen molar-refractivity contribution in [3.63, 3.8) is 0 Å². The van der Waals surface area contributed by atoms with Crippen LogP contribution in [0.25, 0.3) is 22.3 Å². The Morgan fingerprint density at radius 2 is 2.00 bits per heavy atom. The predicted molar refractivity (Wildman–Crippen MR) is 94.4 cm³/mol. The summed E-state index contributed by atoms with van der Waals surface area (Å²) in [5.74, 6) is 1.83. The number of H-pyrrole nitrogens is 1. The standard InChI is InChI=1S/C18H21N5O/c1-2-24-13-6-7-15-14(10-13)18(22-21-15)16-11-17(20-12-19-16)23-8-4-3-5-9-23/h6-7,10-12H,2-5,8-9H2,1H3,(H,21,22). The molecular formula is C18H21N5O. The SMILES string of the molecule is CCOc1ccc2[nH]nc(-c3cc(N4CCCCC4)ncn3)c2c1. The molecule has 6 heteroatoms. The van der Waals surface area contributed by atoms with Gasteiger partial charge >= 0.3 is 0 Å². The fraction of sp³-hybridized carbons (Fsp3) is 0.389. The van der Waals surface area contributed by atoms with E-state index in [4.69, 9.17) is 4.74 Å². The van der Waals surface area contributed by atoms with Crippen molar-refractivity contribution in [1.29, 1.82) is 0 Å². The number of anilines is 1. The third-order valence-electron chi connectivity index (χ3n) is 4.42. The summed E-state index contributed by atoms with van der Waals surface area (Å²) in [6, 6.07) is 7.99. The van der Waals surface area contributed by atoms with Gasteiger partial charge in [0.2, 0.25) is 0 Å². The summed E-state index contributed by atoms with van der Waals surface area (Å²) in [4.78, 5) is 11.2. The highest BCUT2D eigenvalue weighted by Gasteiger charge is 2.16. The Labute approximate surface area is 140 Å². The molecule has 0 spiro atoms. The van der Waals surface area contributed by atoms with Gasteiger partial charge in [0.05, 0.1) is 17.8 Å². The lowest BCUT2D eigenvalue weighted by atomic mass is 10.1. The molecule has 0 unspecified atom stereocenters. The van der Waals surface area contributed by atoms with E-state index in [9.17, 15) is 0 Å². The predicted octanol–water partition coefficient (Wildman–Crippen LogP) is 3.41. The topological polar surface area (TPSA) is 66.9 Å². The van der Waals surface area contributed by atoms with Crippen molar-refractivity contribution in [2.75, 3.05) is 24.6 Å². The van der Waals surface area contributed by atoms with E-state index in [0.717, 1.165) is 46.9 Å². The van der Waals surface area contributed by atoms with Gasteiger partial charge in [-0.15, -0.1) is 0 Å². The molecule has 0 amide bonds. The first-order chi connectivity index (χ1) is 11.8. The van der Waals surface area contributed by atoms with Crippen molar-refractivity contribution in [2.45, 2.75) is 26.2 Å². The van der Waals surface area contributed by atoms with Crippen molar-refractivity contribution in [1.82, 2.24) is 20.2 Å². The Morgan fingerprint density at radius 1 is 1.12 bits per heavy atom. The molecule has 0 aliphatic carbocycles. The number of ether oxygens (including phenoxy) is 1. The van der Waals surface area contributed by atoms with Crippen LogP contribution in [0.1, 0.15) is 26.2 Å². The molecule has 124 valence electrons. The van der Waals surface area contributed by atoms with E-state index in [1.54, 1.807) is 6.33 Å². The molecule has 0 atom stereocenters. The van der Waals surface area contributed by atoms with Crippen LogP contribution in [0.2, 0.25) is 0 Å². The van der Waals surface area contributed by atoms with Gasteiger partial charge in [-0.2, -0.15) is 5.10 Å². The molecule has 3 heterocycles. The highest BCUT2D eigenvalue weighted by atomic mass is 16.5. The molecule has 1 aromatic carbocycles. The summed E-state index contributed by atoms with van der Waals surface area (Å²) >= 11 is 0. The number of hydrogen-bond donors (Lipinski definition) is 1. The van der Waals surface area contributed by atoms with Crippen LogP contribution in [0.3, 0.4) is 0 Å². The highest BCUT2D eigenvalue weighted by molar-refractivity contribution is 5.93. The van der Waals surface area contributed by atoms with Crippen LogP contribution in [0.4, 0.5) is 5.82 Å². The fourth-order valence-electron chi connectivity index (χ4n) is 3.22. The average molecular weight is 323 g/mol. The summed E-state index contributed by atoms with van der Waals surface area (Å²) in [6.45, 7) is 4.75. The van der Waals surface area contributed by atoms with Gasteiger partial charge < -0.3 is 9.64 Å². The number of aromatic nitrogens is 4. The summed E-state index contributed by atoms with van der Waals surface area (Å²) in [5.41, 5.74) is 2.66. The van der Waals surface area contributed by atoms with Gasteiger partial charge in [0.25, 0.3) is 0 Å². The number of aromatic amines is 1. The van der Waals surface area contributed by atoms with E-state index in [-0.39, 0.29) is 0 Å². The zero-order valence-electron chi connectivity index (χ0n) is 13.8. The number of fused-ring (bicyclic) bond motifs is 1. The van der Waals surface area contributed by atoms with Crippen LogP contribution < -0.4 is 9.64 Å². The second kappa shape index (κ2) is 6.47. The van der Waals surface area contributed by atoms with Crippen LogP contribution in [0.15, 0.2) is 30.6 Å². The molecule has 0 radical (unpaired) electrons. The number of rotatable bonds is 4. The molecule has 6 nitrogen and oxygen atoms in total. The molecule has 4 rings (SSSR count). The quantitative estimate of drug-likeness (QED) is 0.797. The van der Waals surface area contributed by atoms with E-state index in [2.05, 4.69) is 25.1 Å². The lowest BCUT2D eigenvalue weighted by Gasteiger charge is -2.27. The Bertz CT molecular complexity index is 838. The van der Waals surface area contributed by atoms with Crippen molar-refractivity contribution in [3.05, 3.63) is 30.6 Å². The van der Waals surface area contributed by atoms with Crippen molar-refractivity contribution in [2.24, 2.45) is 0 Å². The van der Waals surface area contributed by atoms with Crippen molar-refractivity contribution < 1.29 is 4.74 Å². The monoisotopic (exact) mass is 323 g/mol. The molecule has 1 saturated heterocycles. The smallest absolute Gasteiger partial charge is 0.132 e. The number of piperidine rings is 1. The number of hydrogen-bond acceptors (Lipinski definition) is 5. The zero-order valence-corrected chi connectivity index (χ0v) is 13.8. The molecule has 1 N–H and O–H groups in total. The molecular weight excluding hydrogens is 302 g/mol. The van der Waals surface area contributed by atoms with Gasteiger partial charge in [-0.1, -0.05) is 0 Å². The van der Waals surface area contributed by atoms with Crippen LogP contribution >= 0.6 is 0 Å². The molecule has 0 saturated carbocycles. The van der Waals surface area contributed by atoms with Crippen LogP contribution in [0, 0.1) is 0 Å². The van der Waals surface area contributed by atoms with E-state index in [1.807, 2.05) is 31.2 Å². The molecule has 24 heavy (non-hydrogen) atoms. The van der Waals surface area contributed by atoms with Gasteiger partial charge in [-0.25, -0.2) is 9.97 Å². The summed E-state index contributed by atoms with van der Waals surface area (Å²) < 4.78 is 5.61. The van der Waals surface area contributed by atoms with E-state index in [0.29, 0.717) is 6.61 Å². The van der Waals surface area contributed by atoms with E-state index >= 15 is 0 Å². The molecule has 0 bridgehead atoms. The third kappa shape index (κ3) is 2.79. The summed E-state index contributed by atoms with van der Waals surface area (Å²) in [7, 11) is 0. The Hall–Kier alpha value is -2.63. The van der Waals surface area contributed by atoms with E-state index < -0.39 is 0 Å². The van der Waals surface area contributed by atoms with Gasteiger partial charge in [0.15, 0.2) is 0 Å². The largest absolute Gasteiger partial charge is 0.494 e. The van der Waals surface area contributed by atoms with E-state index in [1.165, 1.54) is 19.3 Å². The maximum absolute atomic E-state index is 5.61. The fourth-order valence-corrected chi connectivity index (χ4v) is 3.22. The lowest BCUT2D eigenvalue weighted by Crippen LogP contribution is -2.30. The molecule has 3 aromatic rings. The maximum atomic E-state index is 5.61. The first-order valence-electron chi connectivity index (χ1n) is 8.53. The number of nitrogens with one attached hydrogen (secondary N) is 1. The number of benzene rings is 1. The normalized spacial score (nSPS) is 15.0. The first-order valence-corrected chi connectivity index (χ1v) is 8.53. The van der Waals surface area contributed by atoms with Crippen LogP contribution in [-0.4, -0.2) is 39.9 Å². The Morgan fingerprint density at radius 3 is 2.83 bits per heavy atom. The average Bonchev–Trinajstić information content (AvgIpc) is 3.06. The minimum absolute atomic E-state index is 0.644. The Balaban J connectivity index is 1.72. The minimum atomic E-state index is 0.644. The molecule has 1 aliphatic rings. The molecule has 2 aromatic heterocycles. The van der Waals surface area contributed by atoms with Crippen LogP contribution in [0.5, 0.6) is 5.75 Å².